The van der Waals surface area contributed by atoms with Crippen LogP contribution in [0.15, 0.2) is 4.99 Å². The molecule has 1 amide bonds. The Bertz CT molecular complexity index is 659. The molecule has 0 aromatic rings. The molecule has 0 spiro atoms. The maximum Gasteiger partial charge on any atom is 0.410 e. The van der Waals surface area contributed by atoms with Gasteiger partial charge < -0.3 is 20.3 Å². The van der Waals surface area contributed by atoms with Gasteiger partial charge in [-0.05, 0) is 40.5 Å². The second-order valence-electron chi connectivity index (χ2n) is 8.12. The fourth-order valence-corrected chi connectivity index (χ4v) is 4.36. The smallest absolute Gasteiger partial charge is 0.410 e. The highest BCUT2D eigenvalue weighted by Gasteiger charge is 2.34. The molecule has 0 unspecified atom stereocenters. The van der Waals surface area contributed by atoms with Crippen LogP contribution in [0.3, 0.4) is 0 Å². The average Bonchev–Trinajstić information content (AvgIpc) is 2.94. The van der Waals surface area contributed by atoms with Crippen molar-refractivity contribution in [2.75, 3.05) is 39.0 Å². The minimum absolute atomic E-state index is 0. The summed E-state index contributed by atoms with van der Waals surface area (Å²) in [5.74, 6) is 0.645. The van der Waals surface area contributed by atoms with Crippen molar-refractivity contribution < 1.29 is 17.9 Å². The first-order chi connectivity index (χ1) is 12.5. The largest absolute Gasteiger partial charge is 0.444 e. The zero-order chi connectivity index (χ0) is 20.2. The number of guanidine groups is 1. The Morgan fingerprint density at radius 2 is 1.93 bits per heavy atom. The van der Waals surface area contributed by atoms with Crippen LogP contribution < -0.4 is 10.6 Å². The number of likely N-dealkylation sites (tertiary alicyclic amines) is 1. The minimum atomic E-state index is -3.20. The van der Waals surface area contributed by atoms with Crippen molar-refractivity contribution in [3.63, 3.8) is 0 Å². The van der Waals surface area contributed by atoms with Crippen LogP contribution >= 0.6 is 24.0 Å². The number of carbonyl (C=O) groups is 1. The van der Waals surface area contributed by atoms with Crippen molar-refractivity contribution in [3.05, 3.63) is 0 Å². The van der Waals surface area contributed by atoms with Crippen LogP contribution in [0.5, 0.6) is 0 Å². The van der Waals surface area contributed by atoms with Gasteiger partial charge in [0.25, 0.3) is 0 Å². The molecule has 0 aromatic heterocycles. The van der Waals surface area contributed by atoms with Gasteiger partial charge in [-0.1, -0.05) is 0 Å². The van der Waals surface area contributed by atoms with Crippen LogP contribution in [0, 0.1) is 0 Å². The number of aliphatic imine (C=N–C) groups is 1. The number of sulfonamides is 1. The van der Waals surface area contributed by atoms with E-state index in [9.17, 15) is 13.2 Å². The van der Waals surface area contributed by atoms with E-state index in [1.807, 2.05) is 27.7 Å². The van der Waals surface area contributed by atoms with Crippen LogP contribution in [-0.4, -0.2) is 86.3 Å². The molecular formula is C17H34IN5O4S. The third-order valence-electron chi connectivity index (χ3n) is 4.43. The maximum atomic E-state index is 12.0. The summed E-state index contributed by atoms with van der Waals surface area (Å²) in [7, 11) is -3.20. The molecule has 2 aliphatic heterocycles. The predicted octanol–water partition coefficient (Wildman–Crippen LogP) is 1.20. The molecule has 0 aliphatic carbocycles. The number of halogens is 1. The van der Waals surface area contributed by atoms with Gasteiger partial charge in [0.2, 0.25) is 10.0 Å². The number of carbonyl (C=O) groups excluding carboxylic acids is 1. The van der Waals surface area contributed by atoms with Gasteiger partial charge in [0.1, 0.15) is 5.60 Å². The van der Waals surface area contributed by atoms with Gasteiger partial charge in [0.15, 0.2) is 5.96 Å². The first-order valence-corrected chi connectivity index (χ1v) is 11.3. The fourth-order valence-electron chi connectivity index (χ4n) is 3.18. The number of hydrogen-bond donors (Lipinski definition) is 2. The van der Waals surface area contributed by atoms with Gasteiger partial charge in [-0.25, -0.2) is 13.2 Å². The van der Waals surface area contributed by atoms with Crippen LogP contribution in [0.4, 0.5) is 4.79 Å². The Labute approximate surface area is 185 Å². The number of amides is 1. The Morgan fingerprint density at radius 3 is 2.46 bits per heavy atom. The standard InChI is InChI=1S/C17H33N5O4S.HI/c1-6-18-15(19-10-14-8-7-9-22(14)27(5,24)25)20-13-11-21(12-13)16(23)26-17(2,3)4;/h13-14H,6-12H2,1-5H3,(H2,18,19,20);1H/t14-;/m1./s1. The topological polar surface area (TPSA) is 103 Å². The predicted molar refractivity (Wildman–Crippen MR) is 121 cm³/mol. The molecule has 9 nitrogen and oxygen atoms in total. The lowest BCUT2D eigenvalue weighted by atomic mass is 10.1. The van der Waals surface area contributed by atoms with E-state index in [4.69, 9.17) is 4.74 Å². The number of nitrogens with one attached hydrogen (secondary N) is 2. The van der Waals surface area contributed by atoms with Gasteiger partial charge in [-0.15, -0.1) is 24.0 Å². The molecule has 11 heteroatoms. The molecule has 2 N–H and O–H groups in total. The van der Waals surface area contributed by atoms with Gasteiger partial charge in [-0.3, -0.25) is 4.99 Å². The molecule has 28 heavy (non-hydrogen) atoms. The summed E-state index contributed by atoms with van der Waals surface area (Å²) in [6.07, 6.45) is 2.63. The van der Waals surface area contributed by atoms with Gasteiger partial charge in [-0.2, -0.15) is 4.31 Å². The Kier molecular flexibility index (Phi) is 9.26. The van der Waals surface area contributed by atoms with Crippen LogP contribution in [-0.2, 0) is 14.8 Å². The van der Waals surface area contributed by atoms with E-state index in [1.54, 1.807) is 4.90 Å². The zero-order valence-corrected chi connectivity index (χ0v) is 20.5. The maximum absolute atomic E-state index is 12.0. The first kappa shape index (κ1) is 25.2. The third-order valence-corrected chi connectivity index (χ3v) is 5.76. The van der Waals surface area contributed by atoms with E-state index in [1.165, 1.54) is 10.6 Å². The SMILES string of the molecule is CCNC(=NC[C@H]1CCCN1S(C)(=O)=O)NC1CN(C(=O)OC(C)(C)C)C1.I. The fraction of sp³-hybridized carbons (Fsp3) is 0.882. The summed E-state index contributed by atoms with van der Waals surface area (Å²) in [6.45, 7) is 10.3. The number of hydrogen-bond acceptors (Lipinski definition) is 5. The number of nitrogens with zero attached hydrogens (tertiary/aromatic N) is 3. The summed E-state index contributed by atoms with van der Waals surface area (Å²) >= 11 is 0. The van der Waals surface area contributed by atoms with E-state index in [0.717, 1.165) is 12.8 Å². The molecule has 0 radical (unpaired) electrons. The zero-order valence-electron chi connectivity index (χ0n) is 17.4. The molecule has 2 heterocycles. The highest BCUT2D eigenvalue weighted by atomic mass is 127. The summed E-state index contributed by atoms with van der Waals surface area (Å²) < 4.78 is 30.6. The molecule has 0 bridgehead atoms. The van der Waals surface area contributed by atoms with Gasteiger partial charge in [0, 0.05) is 32.2 Å². The van der Waals surface area contributed by atoms with E-state index in [2.05, 4.69) is 15.6 Å². The molecule has 2 rings (SSSR count). The van der Waals surface area contributed by atoms with Crippen LogP contribution in [0.25, 0.3) is 0 Å². The van der Waals surface area contributed by atoms with E-state index in [-0.39, 0.29) is 42.2 Å². The normalized spacial score (nSPS) is 21.7. The Morgan fingerprint density at radius 1 is 1.29 bits per heavy atom. The van der Waals surface area contributed by atoms with Crippen molar-refractivity contribution in [2.24, 2.45) is 4.99 Å². The van der Waals surface area contributed by atoms with Crippen LogP contribution in [0.1, 0.15) is 40.5 Å². The first-order valence-electron chi connectivity index (χ1n) is 9.49. The van der Waals surface area contributed by atoms with Crippen molar-refractivity contribution >= 4 is 46.1 Å². The van der Waals surface area contributed by atoms with Crippen molar-refractivity contribution in [1.29, 1.82) is 0 Å². The minimum Gasteiger partial charge on any atom is -0.444 e. The lowest BCUT2D eigenvalue weighted by Gasteiger charge is -2.40. The summed E-state index contributed by atoms with van der Waals surface area (Å²) in [5.41, 5.74) is -0.501. The quantitative estimate of drug-likeness (QED) is 0.314. The molecule has 0 saturated carbocycles. The van der Waals surface area contributed by atoms with Crippen molar-refractivity contribution in [1.82, 2.24) is 19.8 Å². The molecule has 1 atom stereocenters. The van der Waals surface area contributed by atoms with E-state index in [0.29, 0.717) is 38.7 Å². The second kappa shape index (κ2) is 10.3. The molecule has 2 saturated heterocycles. The number of rotatable bonds is 5. The lowest BCUT2D eigenvalue weighted by molar-refractivity contribution is 0.00700. The summed E-state index contributed by atoms with van der Waals surface area (Å²) in [4.78, 5) is 18.2. The molecule has 164 valence electrons. The highest BCUT2D eigenvalue weighted by Crippen LogP contribution is 2.20. The van der Waals surface area contributed by atoms with Crippen molar-refractivity contribution in [3.8, 4) is 0 Å². The lowest BCUT2D eigenvalue weighted by Crippen LogP contribution is -2.63. The van der Waals surface area contributed by atoms with Gasteiger partial charge in [0.05, 0.1) is 18.8 Å². The Hall–Kier alpha value is -0.820. The molecule has 0 aromatic carbocycles. The molecule has 2 aliphatic rings. The second-order valence-corrected chi connectivity index (χ2v) is 10.1. The number of ether oxygens (including phenoxy) is 1. The monoisotopic (exact) mass is 531 g/mol. The molecule has 2 fully saturated rings. The van der Waals surface area contributed by atoms with E-state index >= 15 is 0 Å². The highest BCUT2D eigenvalue weighted by molar-refractivity contribution is 14.0. The average molecular weight is 531 g/mol. The summed E-state index contributed by atoms with van der Waals surface area (Å²) in [5, 5.41) is 6.48. The Balaban J connectivity index is 0.00000392. The summed E-state index contributed by atoms with van der Waals surface area (Å²) in [6, 6.07) is 0.0139. The third kappa shape index (κ3) is 7.54. The van der Waals surface area contributed by atoms with Crippen LogP contribution in [0.2, 0.25) is 0 Å². The molecular weight excluding hydrogens is 497 g/mol. The van der Waals surface area contributed by atoms with Gasteiger partial charge >= 0.3 is 6.09 Å². The van der Waals surface area contributed by atoms with E-state index < -0.39 is 15.6 Å². The van der Waals surface area contributed by atoms with Crippen molar-refractivity contribution in [2.45, 2.75) is 58.2 Å².